The van der Waals surface area contributed by atoms with E-state index in [0.29, 0.717) is 0 Å². The monoisotopic (exact) mass is 341 g/mol. The molecule has 2 amide bonds. The molecule has 1 heterocycles. The summed E-state index contributed by atoms with van der Waals surface area (Å²) in [6.45, 7) is 4.64. The van der Waals surface area contributed by atoms with Crippen molar-refractivity contribution in [2.45, 2.75) is 32.4 Å². The normalized spacial score (nSPS) is 15.8. The van der Waals surface area contributed by atoms with Gasteiger partial charge in [0.25, 0.3) is 0 Å². The Kier molecular flexibility index (Phi) is 5.66. The molecule has 5 heteroatoms. The predicted molar refractivity (Wildman–Crippen MR) is 98.0 cm³/mol. The summed E-state index contributed by atoms with van der Waals surface area (Å²) < 4.78 is 13.8. The molecule has 25 heavy (non-hydrogen) atoms. The maximum atomic E-state index is 13.8. The van der Waals surface area contributed by atoms with Crippen molar-refractivity contribution < 1.29 is 9.18 Å². The number of likely N-dealkylation sites (tertiary alicyclic amines) is 1. The number of amides is 2. The topological polar surface area (TPSA) is 44.4 Å². The molecule has 1 aliphatic rings. The lowest BCUT2D eigenvalue weighted by Crippen LogP contribution is -2.45. The third kappa shape index (κ3) is 5.03. The number of nitrogens with one attached hydrogen (secondary N) is 2. The molecule has 0 spiro atoms. The first-order valence-electron chi connectivity index (χ1n) is 8.70. The van der Waals surface area contributed by atoms with Gasteiger partial charge in [-0.25, -0.2) is 9.18 Å². The third-order valence-electron chi connectivity index (χ3n) is 4.54. The molecule has 2 N–H and O–H groups in total. The number of halogens is 1. The molecule has 0 radical (unpaired) electrons. The molecule has 132 valence electrons. The summed E-state index contributed by atoms with van der Waals surface area (Å²) in [5, 5.41) is 5.55. The van der Waals surface area contributed by atoms with Crippen molar-refractivity contribution >= 4 is 11.7 Å². The highest BCUT2D eigenvalue weighted by Crippen LogP contribution is 2.16. The van der Waals surface area contributed by atoms with Gasteiger partial charge in [0, 0.05) is 25.7 Å². The zero-order valence-corrected chi connectivity index (χ0v) is 14.5. The molecular weight excluding hydrogens is 317 g/mol. The van der Waals surface area contributed by atoms with E-state index in [-0.39, 0.29) is 17.8 Å². The van der Waals surface area contributed by atoms with Crippen LogP contribution in [-0.2, 0) is 6.54 Å². The van der Waals surface area contributed by atoms with Crippen molar-refractivity contribution in [1.29, 1.82) is 0 Å². The van der Waals surface area contributed by atoms with Crippen molar-refractivity contribution in [3.8, 4) is 0 Å². The summed E-state index contributed by atoms with van der Waals surface area (Å²) in [7, 11) is 0. The molecule has 0 bridgehead atoms. The Labute approximate surface area is 148 Å². The van der Waals surface area contributed by atoms with Crippen molar-refractivity contribution in [1.82, 2.24) is 10.2 Å². The van der Waals surface area contributed by atoms with Crippen LogP contribution in [0.5, 0.6) is 0 Å². The van der Waals surface area contributed by atoms with Crippen LogP contribution in [0.15, 0.2) is 48.5 Å². The molecular formula is C20H24FN3O. The second-order valence-corrected chi connectivity index (χ2v) is 6.62. The molecule has 1 saturated heterocycles. The molecule has 2 aromatic carbocycles. The summed E-state index contributed by atoms with van der Waals surface area (Å²) in [5.41, 5.74) is 2.35. The fourth-order valence-electron chi connectivity index (χ4n) is 3.14. The Morgan fingerprint density at radius 1 is 1.16 bits per heavy atom. The van der Waals surface area contributed by atoms with Gasteiger partial charge in [0.15, 0.2) is 0 Å². The van der Waals surface area contributed by atoms with E-state index in [1.165, 1.54) is 11.6 Å². The predicted octanol–water partition coefficient (Wildman–Crippen LogP) is 3.92. The first kappa shape index (κ1) is 17.4. The number of anilines is 1. The quantitative estimate of drug-likeness (QED) is 0.885. The van der Waals surface area contributed by atoms with Gasteiger partial charge in [-0.05, 0) is 43.0 Å². The minimum atomic E-state index is -0.409. The molecule has 2 aromatic rings. The number of nitrogens with zero attached hydrogens (tertiary/aromatic N) is 1. The maximum absolute atomic E-state index is 13.8. The average Bonchev–Trinajstić information content (AvgIpc) is 2.60. The highest BCUT2D eigenvalue weighted by molar-refractivity contribution is 5.89. The number of carbonyl (C=O) groups excluding carboxylic acids is 1. The van der Waals surface area contributed by atoms with Crippen molar-refractivity contribution in [3.05, 3.63) is 65.5 Å². The third-order valence-corrected chi connectivity index (χ3v) is 4.54. The van der Waals surface area contributed by atoms with Gasteiger partial charge in [-0.3, -0.25) is 4.90 Å². The van der Waals surface area contributed by atoms with Gasteiger partial charge in [0.2, 0.25) is 0 Å². The number of hydrogen-bond donors (Lipinski definition) is 2. The van der Waals surface area contributed by atoms with Crippen LogP contribution in [-0.4, -0.2) is 30.1 Å². The van der Waals surface area contributed by atoms with Gasteiger partial charge in [-0.15, -0.1) is 0 Å². The molecule has 0 aromatic heterocycles. The standard InChI is InChI=1S/C20H24FN3O/c1-15-7-8-19(18(21)13-15)23-20(25)22-17-9-11-24(12-10-17)14-16-5-3-2-4-6-16/h2-8,13,17H,9-12,14H2,1H3,(H2,22,23,25). The first-order chi connectivity index (χ1) is 12.1. The van der Waals surface area contributed by atoms with E-state index in [9.17, 15) is 9.18 Å². The second-order valence-electron chi connectivity index (χ2n) is 6.62. The maximum Gasteiger partial charge on any atom is 0.319 e. The smallest absolute Gasteiger partial charge is 0.319 e. The van der Waals surface area contributed by atoms with Crippen LogP contribution in [0.1, 0.15) is 24.0 Å². The van der Waals surface area contributed by atoms with E-state index in [2.05, 4.69) is 39.8 Å². The van der Waals surface area contributed by atoms with E-state index in [4.69, 9.17) is 0 Å². The molecule has 1 fully saturated rings. The van der Waals surface area contributed by atoms with E-state index in [0.717, 1.165) is 38.0 Å². The number of aryl methyl sites for hydroxylation is 1. The number of carbonyl (C=O) groups is 1. The fraction of sp³-hybridized carbons (Fsp3) is 0.350. The highest BCUT2D eigenvalue weighted by atomic mass is 19.1. The minimum absolute atomic E-state index is 0.125. The lowest BCUT2D eigenvalue weighted by Gasteiger charge is -2.32. The Bertz CT molecular complexity index is 712. The number of benzene rings is 2. The summed E-state index contributed by atoms with van der Waals surface area (Å²) in [6, 6.07) is 15.0. The van der Waals surface area contributed by atoms with Crippen molar-refractivity contribution in [2.24, 2.45) is 0 Å². The van der Waals surface area contributed by atoms with Crippen molar-refractivity contribution in [2.75, 3.05) is 18.4 Å². The molecule has 0 aliphatic carbocycles. The minimum Gasteiger partial charge on any atom is -0.335 e. The highest BCUT2D eigenvalue weighted by Gasteiger charge is 2.21. The number of rotatable bonds is 4. The van der Waals surface area contributed by atoms with Crippen LogP contribution in [0.3, 0.4) is 0 Å². The summed E-state index contributed by atoms with van der Waals surface area (Å²) >= 11 is 0. The van der Waals surface area contributed by atoms with Gasteiger partial charge < -0.3 is 10.6 Å². The number of piperidine rings is 1. The first-order valence-corrected chi connectivity index (χ1v) is 8.70. The summed E-state index contributed by atoms with van der Waals surface area (Å²) in [4.78, 5) is 14.5. The molecule has 0 unspecified atom stereocenters. The average molecular weight is 341 g/mol. The Balaban J connectivity index is 1.44. The largest absolute Gasteiger partial charge is 0.335 e. The fourth-order valence-corrected chi connectivity index (χ4v) is 3.14. The summed E-state index contributed by atoms with van der Waals surface area (Å²) in [5.74, 6) is -0.409. The van der Waals surface area contributed by atoms with Gasteiger partial charge >= 0.3 is 6.03 Å². The van der Waals surface area contributed by atoms with Crippen LogP contribution in [0.4, 0.5) is 14.9 Å². The van der Waals surface area contributed by atoms with Crippen LogP contribution >= 0.6 is 0 Å². The molecule has 4 nitrogen and oxygen atoms in total. The van der Waals surface area contributed by atoms with E-state index < -0.39 is 5.82 Å². The second kappa shape index (κ2) is 8.12. The lowest BCUT2D eigenvalue weighted by molar-refractivity contribution is 0.190. The van der Waals surface area contributed by atoms with Crippen LogP contribution in [0.25, 0.3) is 0 Å². The molecule has 1 aliphatic heterocycles. The summed E-state index contributed by atoms with van der Waals surface area (Å²) in [6.07, 6.45) is 1.80. The van der Waals surface area contributed by atoms with Gasteiger partial charge in [-0.2, -0.15) is 0 Å². The van der Waals surface area contributed by atoms with Crippen molar-refractivity contribution in [3.63, 3.8) is 0 Å². The van der Waals surface area contributed by atoms with Gasteiger partial charge in [0.1, 0.15) is 5.82 Å². The van der Waals surface area contributed by atoms with Gasteiger partial charge in [0.05, 0.1) is 5.69 Å². The number of urea groups is 1. The molecule has 3 rings (SSSR count). The SMILES string of the molecule is Cc1ccc(NC(=O)NC2CCN(Cc3ccccc3)CC2)c(F)c1. The lowest BCUT2D eigenvalue weighted by atomic mass is 10.0. The van der Waals surface area contributed by atoms with Crippen LogP contribution < -0.4 is 10.6 Å². The number of hydrogen-bond acceptors (Lipinski definition) is 2. The van der Waals surface area contributed by atoms with E-state index >= 15 is 0 Å². The molecule has 0 saturated carbocycles. The van der Waals surface area contributed by atoms with Crippen LogP contribution in [0.2, 0.25) is 0 Å². The Morgan fingerprint density at radius 2 is 1.88 bits per heavy atom. The van der Waals surface area contributed by atoms with E-state index in [1.807, 2.05) is 13.0 Å². The Morgan fingerprint density at radius 3 is 2.56 bits per heavy atom. The zero-order chi connectivity index (χ0) is 17.6. The van der Waals surface area contributed by atoms with Gasteiger partial charge in [-0.1, -0.05) is 36.4 Å². The Hall–Kier alpha value is -2.40. The molecule has 0 atom stereocenters. The van der Waals surface area contributed by atoms with Crippen LogP contribution in [0, 0.1) is 12.7 Å². The zero-order valence-electron chi connectivity index (χ0n) is 14.5. The van der Waals surface area contributed by atoms with E-state index in [1.54, 1.807) is 12.1 Å².